The van der Waals surface area contributed by atoms with Gasteiger partial charge in [-0.2, -0.15) is 0 Å². The largest absolute Gasteiger partial charge is 0.317 e. The Labute approximate surface area is 99.3 Å². The molecule has 0 aromatic heterocycles. The first-order valence-corrected chi connectivity index (χ1v) is 6.48. The van der Waals surface area contributed by atoms with Gasteiger partial charge in [-0.3, -0.25) is 0 Å². The van der Waals surface area contributed by atoms with Crippen LogP contribution in [0.25, 0.3) is 0 Å². The molecule has 1 nitrogen and oxygen atoms in total. The van der Waals surface area contributed by atoms with Crippen molar-refractivity contribution in [1.82, 2.24) is 5.32 Å². The summed E-state index contributed by atoms with van der Waals surface area (Å²) in [4.78, 5) is 0. The molecule has 88 valence electrons. The normalized spacial score (nSPS) is 25.2. The Morgan fingerprint density at radius 1 is 1.12 bits per heavy atom. The summed E-state index contributed by atoms with van der Waals surface area (Å²) in [6, 6.07) is 9.99. The van der Waals surface area contributed by atoms with Crippen LogP contribution in [0.5, 0.6) is 0 Å². The molecule has 1 fully saturated rings. The topological polar surface area (TPSA) is 12.0 Å². The summed E-state index contributed by atoms with van der Waals surface area (Å²) >= 11 is 0. The molecule has 1 aliphatic rings. The molecule has 1 saturated carbocycles. The standard InChI is InChI=1S/C15H23N/c1-11(2)12-4-6-13(7-5-12)14-8-9-15(10-14)16-3/h4-7,11,14-16H,8-10H2,1-3H3. The summed E-state index contributed by atoms with van der Waals surface area (Å²) in [5.74, 6) is 1.42. The van der Waals surface area contributed by atoms with Crippen molar-refractivity contribution in [2.24, 2.45) is 0 Å². The number of benzene rings is 1. The van der Waals surface area contributed by atoms with Crippen LogP contribution in [0.15, 0.2) is 24.3 Å². The lowest BCUT2D eigenvalue weighted by Gasteiger charge is -2.13. The predicted molar refractivity (Wildman–Crippen MR) is 70.0 cm³/mol. The molecule has 1 aromatic rings. The average Bonchev–Trinajstić information content (AvgIpc) is 2.77. The highest BCUT2D eigenvalue weighted by Crippen LogP contribution is 2.34. The molecule has 2 unspecified atom stereocenters. The third-order valence-electron chi connectivity index (χ3n) is 3.92. The van der Waals surface area contributed by atoms with E-state index < -0.39 is 0 Å². The van der Waals surface area contributed by atoms with E-state index in [9.17, 15) is 0 Å². The summed E-state index contributed by atoms with van der Waals surface area (Å²) < 4.78 is 0. The first-order chi connectivity index (χ1) is 7.70. The van der Waals surface area contributed by atoms with Gasteiger partial charge in [-0.15, -0.1) is 0 Å². The zero-order valence-electron chi connectivity index (χ0n) is 10.7. The molecule has 0 saturated heterocycles. The van der Waals surface area contributed by atoms with E-state index in [1.165, 1.54) is 30.4 Å². The molecular formula is C15H23N. The van der Waals surface area contributed by atoms with E-state index in [0.717, 1.165) is 12.0 Å². The number of hydrogen-bond donors (Lipinski definition) is 1. The molecule has 1 N–H and O–H groups in total. The van der Waals surface area contributed by atoms with Crippen LogP contribution in [0.2, 0.25) is 0 Å². The first kappa shape index (κ1) is 11.7. The Bertz CT molecular complexity index is 326. The zero-order chi connectivity index (χ0) is 11.5. The van der Waals surface area contributed by atoms with Gasteiger partial charge in [-0.05, 0) is 49.3 Å². The fourth-order valence-electron chi connectivity index (χ4n) is 2.70. The van der Waals surface area contributed by atoms with Crippen molar-refractivity contribution in [2.45, 2.75) is 51.0 Å². The molecule has 1 aliphatic carbocycles. The molecule has 0 bridgehead atoms. The Morgan fingerprint density at radius 3 is 2.31 bits per heavy atom. The van der Waals surface area contributed by atoms with Crippen molar-refractivity contribution in [2.75, 3.05) is 7.05 Å². The predicted octanol–water partition coefficient (Wildman–Crippen LogP) is 3.67. The van der Waals surface area contributed by atoms with Gasteiger partial charge in [0, 0.05) is 6.04 Å². The van der Waals surface area contributed by atoms with Crippen LogP contribution >= 0.6 is 0 Å². The molecule has 0 aliphatic heterocycles. The van der Waals surface area contributed by atoms with Gasteiger partial charge in [0.2, 0.25) is 0 Å². The monoisotopic (exact) mass is 217 g/mol. The first-order valence-electron chi connectivity index (χ1n) is 6.48. The molecule has 0 radical (unpaired) electrons. The van der Waals surface area contributed by atoms with E-state index in [1.54, 1.807) is 0 Å². The highest BCUT2D eigenvalue weighted by atomic mass is 14.9. The molecule has 1 heteroatoms. The third-order valence-corrected chi connectivity index (χ3v) is 3.92. The molecule has 0 heterocycles. The third kappa shape index (κ3) is 2.46. The van der Waals surface area contributed by atoms with Crippen LogP contribution < -0.4 is 5.32 Å². The van der Waals surface area contributed by atoms with Crippen molar-refractivity contribution >= 4 is 0 Å². The van der Waals surface area contributed by atoms with Gasteiger partial charge in [-0.25, -0.2) is 0 Å². The van der Waals surface area contributed by atoms with Crippen molar-refractivity contribution in [3.8, 4) is 0 Å². The van der Waals surface area contributed by atoms with Crippen molar-refractivity contribution in [1.29, 1.82) is 0 Å². The second-order valence-corrected chi connectivity index (χ2v) is 5.32. The maximum atomic E-state index is 3.39. The fraction of sp³-hybridized carbons (Fsp3) is 0.600. The smallest absolute Gasteiger partial charge is 0.00701 e. The molecular weight excluding hydrogens is 194 g/mol. The minimum Gasteiger partial charge on any atom is -0.317 e. The summed E-state index contributed by atoms with van der Waals surface area (Å²) in [5.41, 5.74) is 2.98. The minimum absolute atomic E-state index is 0.641. The van der Waals surface area contributed by atoms with Gasteiger partial charge in [-0.1, -0.05) is 38.1 Å². The summed E-state index contributed by atoms with van der Waals surface area (Å²) in [6.45, 7) is 4.50. The van der Waals surface area contributed by atoms with Crippen LogP contribution in [-0.2, 0) is 0 Å². The van der Waals surface area contributed by atoms with E-state index in [0.29, 0.717) is 5.92 Å². The molecule has 0 spiro atoms. The molecule has 2 atom stereocenters. The molecule has 2 rings (SSSR count). The van der Waals surface area contributed by atoms with Crippen LogP contribution in [0.1, 0.15) is 56.1 Å². The second-order valence-electron chi connectivity index (χ2n) is 5.32. The van der Waals surface area contributed by atoms with Crippen LogP contribution in [0.3, 0.4) is 0 Å². The SMILES string of the molecule is CNC1CCC(c2ccc(C(C)C)cc2)C1. The highest BCUT2D eigenvalue weighted by molar-refractivity contribution is 5.28. The van der Waals surface area contributed by atoms with Crippen molar-refractivity contribution in [3.63, 3.8) is 0 Å². The summed E-state index contributed by atoms with van der Waals surface area (Å²) in [7, 11) is 2.08. The van der Waals surface area contributed by atoms with Crippen LogP contribution in [-0.4, -0.2) is 13.1 Å². The zero-order valence-corrected chi connectivity index (χ0v) is 10.7. The average molecular weight is 217 g/mol. The second kappa shape index (κ2) is 5.01. The molecule has 1 aromatic carbocycles. The highest BCUT2D eigenvalue weighted by Gasteiger charge is 2.24. The number of rotatable bonds is 3. The Balaban J connectivity index is 2.05. The Kier molecular flexibility index (Phi) is 3.65. The van der Waals surface area contributed by atoms with Gasteiger partial charge in [0.25, 0.3) is 0 Å². The lowest BCUT2D eigenvalue weighted by Crippen LogP contribution is -2.21. The van der Waals surface area contributed by atoms with Crippen molar-refractivity contribution < 1.29 is 0 Å². The summed E-state index contributed by atoms with van der Waals surface area (Å²) in [6.07, 6.45) is 3.97. The Morgan fingerprint density at radius 2 is 1.81 bits per heavy atom. The van der Waals surface area contributed by atoms with Gasteiger partial charge in [0.15, 0.2) is 0 Å². The van der Waals surface area contributed by atoms with E-state index >= 15 is 0 Å². The van der Waals surface area contributed by atoms with Gasteiger partial charge >= 0.3 is 0 Å². The number of nitrogens with one attached hydrogen (secondary N) is 1. The maximum Gasteiger partial charge on any atom is 0.00701 e. The van der Waals surface area contributed by atoms with E-state index in [4.69, 9.17) is 0 Å². The van der Waals surface area contributed by atoms with E-state index in [2.05, 4.69) is 50.5 Å². The van der Waals surface area contributed by atoms with Gasteiger partial charge in [0.05, 0.1) is 0 Å². The quantitative estimate of drug-likeness (QED) is 0.814. The molecule has 0 amide bonds. The number of hydrogen-bond acceptors (Lipinski definition) is 1. The van der Waals surface area contributed by atoms with E-state index in [1.807, 2.05) is 0 Å². The lowest BCUT2D eigenvalue weighted by molar-refractivity contribution is 0.572. The maximum absolute atomic E-state index is 3.39. The van der Waals surface area contributed by atoms with Gasteiger partial charge < -0.3 is 5.32 Å². The van der Waals surface area contributed by atoms with Crippen molar-refractivity contribution in [3.05, 3.63) is 35.4 Å². The minimum atomic E-state index is 0.641. The van der Waals surface area contributed by atoms with Crippen LogP contribution in [0.4, 0.5) is 0 Å². The lowest BCUT2D eigenvalue weighted by atomic mass is 9.94. The summed E-state index contributed by atoms with van der Waals surface area (Å²) in [5, 5.41) is 3.39. The fourth-order valence-corrected chi connectivity index (χ4v) is 2.70. The molecule has 16 heavy (non-hydrogen) atoms. The Hall–Kier alpha value is -0.820. The van der Waals surface area contributed by atoms with Gasteiger partial charge in [0.1, 0.15) is 0 Å². The van der Waals surface area contributed by atoms with Crippen LogP contribution in [0, 0.1) is 0 Å². The van der Waals surface area contributed by atoms with E-state index in [-0.39, 0.29) is 0 Å².